The third kappa shape index (κ3) is 5.01. The lowest BCUT2D eigenvalue weighted by Gasteiger charge is -2.16. The molecule has 1 aromatic carbocycles. The first kappa shape index (κ1) is 25.5. The maximum absolute atomic E-state index is 12.3. The van der Waals surface area contributed by atoms with Crippen molar-refractivity contribution in [2.24, 2.45) is 0 Å². The number of carbonyl (C=O) groups is 3. The molecule has 38 heavy (non-hydrogen) atoms. The number of imidazole rings is 1. The van der Waals surface area contributed by atoms with E-state index in [4.69, 9.17) is 10.5 Å². The lowest BCUT2D eigenvalue weighted by atomic mass is 10.1. The summed E-state index contributed by atoms with van der Waals surface area (Å²) in [6, 6.07) is 5.19. The van der Waals surface area contributed by atoms with Crippen molar-refractivity contribution in [3.63, 3.8) is 0 Å². The van der Waals surface area contributed by atoms with Gasteiger partial charge in [-0.2, -0.15) is 0 Å². The van der Waals surface area contributed by atoms with Crippen molar-refractivity contribution in [3.05, 3.63) is 42.0 Å². The maximum atomic E-state index is 12.3. The van der Waals surface area contributed by atoms with E-state index >= 15 is 0 Å². The smallest absolute Gasteiger partial charge is 0.251 e. The first-order valence-corrected chi connectivity index (χ1v) is 12.2. The topological polar surface area (TPSA) is 207 Å². The minimum absolute atomic E-state index is 0.0102. The molecule has 14 heteroatoms. The van der Waals surface area contributed by atoms with Gasteiger partial charge in [0.25, 0.3) is 5.91 Å². The van der Waals surface area contributed by atoms with Crippen molar-refractivity contribution in [2.45, 2.75) is 56.8 Å². The molecule has 3 aromatic rings. The van der Waals surface area contributed by atoms with Crippen LogP contribution in [0.1, 0.15) is 47.8 Å². The molecule has 4 heterocycles. The third-order valence-corrected chi connectivity index (χ3v) is 6.68. The molecule has 7 N–H and O–H groups in total. The highest BCUT2D eigenvalue weighted by molar-refractivity contribution is 6.02. The Labute approximate surface area is 216 Å². The monoisotopic (exact) mass is 524 g/mol. The molecule has 4 atom stereocenters. The van der Waals surface area contributed by atoms with Gasteiger partial charge in [-0.1, -0.05) is 6.07 Å². The normalized spacial score (nSPS) is 22.3. The van der Waals surface area contributed by atoms with Crippen molar-refractivity contribution in [1.82, 2.24) is 30.2 Å². The minimum atomic E-state index is -1.27. The Kier molecular flexibility index (Phi) is 7.18. The number of hydrogen-bond acceptors (Lipinski definition) is 10. The van der Waals surface area contributed by atoms with E-state index in [1.54, 1.807) is 18.2 Å². The molecule has 2 aliphatic heterocycles. The number of amides is 3. The number of aliphatic hydroxyl groups is 2. The summed E-state index contributed by atoms with van der Waals surface area (Å²) in [4.78, 5) is 48.5. The Morgan fingerprint density at radius 1 is 1.13 bits per heavy atom. The second-order valence-electron chi connectivity index (χ2n) is 9.20. The van der Waals surface area contributed by atoms with Gasteiger partial charge in [-0.15, -0.1) is 0 Å². The van der Waals surface area contributed by atoms with Gasteiger partial charge in [-0.05, 0) is 25.0 Å². The van der Waals surface area contributed by atoms with Gasteiger partial charge in [0, 0.05) is 42.7 Å². The minimum Gasteiger partial charge on any atom is -0.387 e. The summed E-state index contributed by atoms with van der Waals surface area (Å²) >= 11 is 0. The Bertz CT molecular complexity index is 1380. The molecule has 0 spiro atoms. The van der Waals surface area contributed by atoms with Gasteiger partial charge in [0.05, 0.1) is 6.33 Å². The number of anilines is 2. The average Bonchev–Trinajstić information content (AvgIpc) is 3.58. The fourth-order valence-corrected chi connectivity index (χ4v) is 4.64. The van der Waals surface area contributed by atoms with Crippen LogP contribution in [0.2, 0.25) is 0 Å². The molecule has 2 aromatic heterocycles. The summed E-state index contributed by atoms with van der Waals surface area (Å²) in [6.07, 6.45) is -0.292. The number of aliphatic hydroxyl groups excluding tert-OH is 2. The van der Waals surface area contributed by atoms with Crippen molar-refractivity contribution in [2.75, 3.05) is 17.6 Å². The second kappa shape index (κ2) is 10.7. The molecule has 200 valence electrons. The average molecular weight is 525 g/mol. The van der Waals surface area contributed by atoms with Crippen LogP contribution in [-0.4, -0.2) is 72.3 Å². The zero-order valence-corrected chi connectivity index (χ0v) is 20.3. The number of fused-ring (bicyclic) bond motifs is 2. The standard InChI is InChI=1S/C24H28N8O6/c25-21-18-22(29-10-28-21)32(11-30-18)24-20(36)19(35)15(38-24)9-26-16(33)6-1-2-7-17(34)31-14-5-3-4-12-13(14)8-27-23(12)37/h3-5,10-11,15,19-20,24,35-36H,1-2,6-9H2,(H,26,33)(H,27,37)(H,31,34)(H2,25,28,29)/t15-,19-,20-,24?/m1/s1. The predicted octanol–water partition coefficient (Wildman–Crippen LogP) is -0.414. The number of hydrogen-bond donors (Lipinski definition) is 6. The van der Waals surface area contributed by atoms with Crippen LogP contribution >= 0.6 is 0 Å². The van der Waals surface area contributed by atoms with Gasteiger partial charge in [0.1, 0.15) is 30.2 Å². The number of aromatic nitrogens is 4. The third-order valence-electron chi connectivity index (χ3n) is 6.68. The van der Waals surface area contributed by atoms with Crippen molar-refractivity contribution in [1.29, 1.82) is 0 Å². The highest BCUT2D eigenvalue weighted by Gasteiger charge is 2.44. The van der Waals surface area contributed by atoms with E-state index in [2.05, 4.69) is 30.9 Å². The van der Waals surface area contributed by atoms with Gasteiger partial charge in [0.2, 0.25) is 11.8 Å². The predicted molar refractivity (Wildman–Crippen MR) is 133 cm³/mol. The molecule has 0 saturated carbocycles. The number of nitrogens with one attached hydrogen (secondary N) is 3. The molecule has 1 unspecified atom stereocenters. The van der Waals surface area contributed by atoms with Gasteiger partial charge in [-0.25, -0.2) is 15.0 Å². The number of ether oxygens (including phenoxy) is 1. The lowest BCUT2D eigenvalue weighted by Crippen LogP contribution is -2.39. The van der Waals surface area contributed by atoms with Crippen LogP contribution in [0.3, 0.4) is 0 Å². The fourth-order valence-electron chi connectivity index (χ4n) is 4.64. The largest absolute Gasteiger partial charge is 0.387 e. The van der Waals surface area contributed by atoms with Crippen LogP contribution in [-0.2, 0) is 20.9 Å². The Balaban J connectivity index is 1.05. The number of rotatable bonds is 9. The van der Waals surface area contributed by atoms with Gasteiger partial charge in [0.15, 0.2) is 17.7 Å². The molecule has 1 saturated heterocycles. The summed E-state index contributed by atoms with van der Waals surface area (Å²) in [7, 11) is 0. The van der Waals surface area contributed by atoms with Gasteiger partial charge < -0.3 is 36.6 Å². The van der Waals surface area contributed by atoms with Crippen molar-refractivity contribution < 1.29 is 29.3 Å². The van der Waals surface area contributed by atoms with E-state index in [1.807, 2.05) is 0 Å². The van der Waals surface area contributed by atoms with E-state index in [0.717, 1.165) is 5.56 Å². The van der Waals surface area contributed by atoms with Crippen molar-refractivity contribution >= 4 is 40.4 Å². The summed E-state index contributed by atoms with van der Waals surface area (Å²) in [6.45, 7) is 0.369. The highest BCUT2D eigenvalue weighted by Crippen LogP contribution is 2.31. The van der Waals surface area contributed by atoms with Crippen molar-refractivity contribution in [3.8, 4) is 0 Å². The lowest BCUT2D eigenvalue weighted by molar-refractivity contribution is -0.122. The Morgan fingerprint density at radius 3 is 2.74 bits per heavy atom. The number of benzene rings is 1. The number of nitrogens with two attached hydrogens (primary N) is 1. The molecule has 0 radical (unpaired) electrons. The molecule has 2 aliphatic rings. The molecule has 14 nitrogen and oxygen atoms in total. The first-order chi connectivity index (χ1) is 18.3. The van der Waals surface area contributed by atoms with Crippen LogP contribution in [0.5, 0.6) is 0 Å². The first-order valence-electron chi connectivity index (χ1n) is 12.2. The molecule has 3 amide bonds. The van der Waals surface area contributed by atoms with E-state index < -0.39 is 24.5 Å². The quantitative estimate of drug-likeness (QED) is 0.199. The summed E-state index contributed by atoms with van der Waals surface area (Å²) in [5.41, 5.74) is 8.44. The zero-order chi connectivity index (χ0) is 26.8. The number of unbranched alkanes of at least 4 members (excludes halogenated alkanes) is 1. The van der Waals surface area contributed by atoms with E-state index in [9.17, 15) is 24.6 Å². The van der Waals surface area contributed by atoms with Gasteiger partial charge >= 0.3 is 0 Å². The summed E-state index contributed by atoms with van der Waals surface area (Å²) < 4.78 is 7.27. The SMILES string of the molecule is Nc1ncnc2c1ncn2C1O[C@H](CNC(=O)CCCCC(=O)Nc2cccc3c2CNC3=O)[C@@H](O)[C@H]1O. The molecule has 1 fully saturated rings. The maximum Gasteiger partial charge on any atom is 0.251 e. The van der Waals surface area contributed by atoms with E-state index in [0.29, 0.717) is 41.8 Å². The van der Waals surface area contributed by atoms with Gasteiger partial charge in [-0.3, -0.25) is 19.0 Å². The fraction of sp³-hybridized carbons (Fsp3) is 0.417. The van der Waals surface area contributed by atoms with E-state index in [-0.39, 0.29) is 42.9 Å². The van der Waals surface area contributed by atoms with Crippen LogP contribution in [0.15, 0.2) is 30.9 Å². The number of carbonyl (C=O) groups excluding carboxylic acids is 3. The molecule has 0 aliphatic carbocycles. The Morgan fingerprint density at radius 2 is 1.92 bits per heavy atom. The molecular formula is C24H28N8O6. The summed E-state index contributed by atoms with van der Waals surface area (Å²) in [5.74, 6) is -0.434. The highest BCUT2D eigenvalue weighted by atomic mass is 16.6. The number of nitrogens with zero attached hydrogens (tertiary/aromatic N) is 4. The van der Waals surface area contributed by atoms with E-state index in [1.165, 1.54) is 17.2 Å². The van der Waals surface area contributed by atoms with Crippen LogP contribution in [0, 0.1) is 0 Å². The molecular weight excluding hydrogens is 496 g/mol. The van der Waals surface area contributed by atoms with Crippen LogP contribution < -0.4 is 21.7 Å². The molecule has 0 bridgehead atoms. The van der Waals surface area contributed by atoms with Crippen LogP contribution in [0.4, 0.5) is 11.5 Å². The Hall–Kier alpha value is -4.14. The zero-order valence-electron chi connectivity index (χ0n) is 20.3. The number of nitrogen functional groups attached to an aromatic ring is 1. The van der Waals surface area contributed by atoms with Crippen LogP contribution in [0.25, 0.3) is 11.2 Å². The molecule has 5 rings (SSSR count). The summed E-state index contributed by atoms with van der Waals surface area (Å²) in [5, 5.41) is 29.2. The second-order valence-corrected chi connectivity index (χ2v) is 9.20.